The highest BCUT2D eigenvalue weighted by molar-refractivity contribution is 5.74. The molecular weight excluding hydrogens is 224 g/mol. The maximum absolute atomic E-state index is 12.4. The fourth-order valence-electron chi connectivity index (χ4n) is 1.72. The van der Waals surface area contributed by atoms with Gasteiger partial charge in [0.25, 0.3) is 6.43 Å². The van der Waals surface area contributed by atoms with E-state index < -0.39 is 12.5 Å². The number of para-hydroxylation sites is 2. The molecule has 92 valence electrons. The van der Waals surface area contributed by atoms with Gasteiger partial charge in [-0.15, -0.1) is 0 Å². The van der Waals surface area contributed by atoms with Crippen molar-refractivity contribution in [2.45, 2.75) is 32.4 Å². The number of hydrogen-bond acceptors (Lipinski definition) is 2. The van der Waals surface area contributed by atoms with Crippen molar-refractivity contribution in [3.05, 3.63) is 30.1 Å². The average molecular weight is 239 g/mol. The normalized spacial score (nSPS) is 15.4. The highest BCUT2D eigenvalue weighted by atomic mass is 19.3. The number of hydrogen-bond donors (Lipinski definition) is 2. The summed E-state index contributed by atoms with van der Waals surface area (Å²) in [6.07, 6.45) is -2.37. The summed E-state index contributed by atoms with van der Waals surface area (Å²) in [5.41, 5.74) is 1.77. The first kappa shape index (κ1) is 12.0. The molecule has 3 nitrogen and oxygen atoms in total. The maximum atomic E-state index is 12.4. The van der Waals surface area contributed by atoms with Crippen molar-refractivity contribution in [3.63, 3.8) is 0 Å². The molecule has 1 heterocycles. The van der Waals surface area contributed by atoms with E-state index in [1.54, 1.807) is 0 Å². The standard InChI is InChI=1S/C12H15F2N3/c1-7(11(13)14)15-8(2)12-16-9-5-3-4-6-10(9)17-12/h3-8,11,15H,1-2H3,(H,16,17). The molecule has 0 aliphatic rings. The fourth-order valence-corrected chi connectivity index (χ4v) is 1.72. The summed E-state index contributed by atoms with van der Waals surface area (Å²) >= 11 is 0. The summed E-state index contributed by atoms with van der Waals surface area (Å²) in [6.45, 7) is 3.28. The minimum atomic E-state index is -2.37. The number of alkyl halides is 2. The predicted molar refractivity (Wildman–Crippen MR) is 63.1 cm³/mol. The van der Waals surface area contributed by atoms with Crippen LogP contribution in [-0.4, -0.2) is 22.4 Å². The molecule has 0 amide bonds. The van der Waals surface area contributed by atoms with Crippen LogP contribution in [-0.2, 0) is 0 Å². The van der Waals surface area contributed by atoms with Crippen molar-refractivity contribution in [3.8, 4) is 0 Å². The average Bonchev–Trinajstić information content (AvgIpc) is 2.72. The predicted octanol–water partition coefficient (Wildman–Crippen LogP) is 2.87. The maximum Gasteiger partial charge on any atom is 0.253 e. The number of aromatic amines is 1. The summed E-state index contributed by atoms with van der Waals surface area (Å²) in [4.78, 5) is 7.48. The molecule has 0 saturated heterocycles. The molecule has 0 aliphatic heterocycles. The number of fused-ring (bicyclic) bond motifs is 1. The minimum Gasteiger partial charge on any atom is -0.341 e. The van der Waals surface area contributed by atoms with Crippen LogP contribution in [0.2, 0.25) is 0 Å². The van der Waals surface area contributed by atoms with Gasteiger partial charge in [-0.25, -0.2) is 13.8 Å². The summed E-state index contributed by atoms with van der Waals surface area (Å²) in [6, 6.07) is 6.52. The van der Waals surface area contributed by atoms with Crippen LogP contribution in [0.5, 0.6) is 0 Å². The Morgan fingerprint density at radius 3 is 2.59 bits per heavy atom. The van der Waals surface area contributed by atoms with Gasteiger partial charge in [-0.2, -0.15) is 0 Å². The van der Waals surface area contributed by atoms with Gasteiger partial charge in [0.15, 0.2) is 0 Å². The van der Waals surface area contributed by atoms with Crippen LogP contribution in [0.15, 0.2) is 24.3 Å². The molecule has 2 atom stereocenters. The van der Waals surface area contributed by atoms with Gasteiger partial charge in [-0.3, -0.25) is 5.32 Å². The van der Waals surface area contributed by atoms with Crippen molar-refractivity contribution < 1.29 is 8.78 Å². The second-order valence-electron chi connectivity index (χ2n) is 4.15. The second kappa shape index (κ2) is 4.79. The molecule has 2 N–H and O–H groups in total. The van der Waals surface area contributed by atoms with E-state index in [2.05, 4.69) is 15.3 Å². The molecule has 0 spiro atoms. The number of benzene rings is 1. The van der Waals surface area contributed by atoms with E-state index >= 15 is 0 Å². The lowest BCUT2D eigenvalue weighted by Gasteiger charge is -2.17. The Morgan fingerprint density at radius 1 is 1.24 bits per heavy atom. The number of halogens is 2. The molecule has 0 fully saturated rings. The molecule has 1 aromatic heterocycles. The molecule has 2 rings (SSSR count). The van der Waals surface area contributed by atoms with Crippen LogP contribution in [0.1, 0.15) is 25.7 Å². The summed E-state index contributed by atoms with van der Waals surface area (Å²) in [7, 11) is 0. The molecule has 0 bridgehead atoms. The van der Waals surface area contributed by atoms with Gasteiger partial charge in [0, 0.05) is 0 Å². The smallest absolute Gasteiger partial charge is 0.253 e. The molecule has 1 aromatic carbocycles. The van der Waals surface area contributed by atoms with Gasteiger partial charge in [0.1, 0.15) is 5.82 Å². The quantitative estimate of drug-likeness (QED) is 0.861. The van der Waals surface area contributed by atoms with Gasteiger partial charge >= 0.3 is 0 Å². The van der Waals surface area contributed by atoms with E-state index in [9.17, 15) is 8.78 Å². The van der Waals surface area contributed by atoms with Gasteiger partial charge in [-0.05, 0) is 26.0 Å². The van der Waals surface area contributed by atoms with Gasteiger partial charge in [0.05, 0.1) is 23.1 Å². The third-order valence-electron chi connectivity index (χ3n) is 2.71. The van der Waals surface area contributed by atoms with Crippen molar-refractivity contribution in [2.75, 3.05) is 0 Å². The van der Waals surface area contributed by atoms with Crippen LogP contribution in [0.4, 0.5) is 8.78 Å². The van der Waals surface area contributed by atoms with Crippen molar-refractivity contribution in [2.24, 2.45) is 0 Å². The Hall–Kier alpha value is -1.49. The molecule has 0 radical (unpaired) electrons. The molecule has 2 aromatic rings. The van der Waals surface area contributed by atoms with E-state index in [-0.39, 0.29) is 6.04 Å². The third kappa shape index (κ3) is 2.61. The molecule has 2 unspecified atom stereocenters. The number of rotatable bonds is 4. The first-order chi connectivity index (χ1) is 8.08. The van der Waals surface area contributed by atoms with Crippen LogP contribution in [0.3, 0.4) is 0 Å². The summed E-state index contributed by atoms with van der Waals surface area (Å²) in [5.74, 6) is 0.679. The number of nitrogens with one attached hydrogen (secondary N) is 2. The van der Waals surface area contributed by atoms with Crippen LogP contribution < -0.4 is 5.32 Å². The number of nitrogens with zero attached hydrogens (tertiary/aromatic N) is 1. The Bertz CT molecular complexity index is 462. The fraction of sp³-hybridized carbons (Fsp3) is 0.417. The number of imidazole rings is 1. The van der Waals surface area contributed by atoms with E-state index in [0.29, 0.717) is 5.82 Å². The van der Waals surface area contributed by atoms with Crippen LogP contribution in [0.25, 0.3) is 11.0 Å². The Labute approximate surface area is 98.2 Å². The van der Waals surface area contributed by atoms with Gasteiger partial charge in [-0.1, -0.05) is 12.1 Å². The Balaban J connectivity index is 2.16. The van der Waals surface area contributed by atoms with Crippen molar-refractivity contribution in [1.29, 1.82) is 0 Å². The zero-order valence-corrected chi connectivity index (χ0v) is 9.74. The topological polar surface area (TPSA) is 40.7 Å². The molecular formula is C12H15F2N3. The number of aromatic nitrogens is 2. The lowest BCUT2D eigenvalue weighted by molar-refractivity contribution is 0.101. The largest absolute Gasteiger partial charge is 0.341 e. The molecule has 5 heteroatoms. The summed E-state index contributed by atoms with van der Waals surface area (Å²) in [5, 5.41) is 2.81. The second-order valence-corrected chi connectivity index (χ2v) is 4.15. The highest BCUT2D eigenvalue weighted by Gasteiger charge is 2.19. The molecule has 17 heavy (non-hydrogen) atoms. The monoisotopic (exact) mass is 239 g/mol. The molecule has 0 saturated carbocycles. The van der Waals surface area contributed by atoms with E-state index in [0.717, 1.165) is 11.0 Å². The van der Waals surface area contributed by atoms with E-state index in [1.165, 1.54) is 6.92 Å². The van der Waals surface area contributed by atoms with Crippen molar-refractivity contribution in [1.82, 2.24) is 15.3 Å². The number of H-pyrrole nitrogens is 1. The van der Waals surface area contributed by atoms with Crippen LogP contribution in [0, 0.1) is 0 Å². The summed E-state index contributed by atoms with van der Waals surface area (Å²) < 4.78 is 24.8. The zero-order valence-electron chi connectivity index (χ0n) is 9.74. The highest BCUT2D eigenvalue weighted by Crippen LogP contribution is 2.16. The Kier molecular flexibility index (Phi) is 3.38. The first-order valence-corrected chi connectivity index (χ1v) is 5.57. The minimum absolute atomic E-state index is 0.230. The lowest BCUT2D eigenvalue weighted by Crippen LogP contribution is -2.35. The van der Waals surface area contributed by atoms with E-state index in [1.807, 2.05) is 31.2 Å². The Morgan fingerprint density at radius 2 is 1.94 bits per heavy atom. The zero-order chi connectivity index (χ0) is 12.4. The first-order valence-electron chi connectivity index (χ1n) is 5.57. The molecule has 0 aliphatic carbocycles. The van der Waals surface area contributed by atoms with Crippen molar-refractivity contribution >= 4 is 11.0 Å². The van der Waals surface area contributed by atoms with Crippen LogP contribution >= 0.6 is 0 Å². The van der Waals surface area contributed by atoms with Gasteiger partial charge in [0.2, 0.25) is 0 Å². The van der Waals surface area contributed by atoms with Gasteiger partial charge < -0.3 is 4.98 Å². The lowest BCUT2D eigenvalue weighted by atomic mass is 10.2. The third-order valence-corrected chi connectivity index (χ3v) is 2.71. The SMILES string of the molecule is CC(NC(C)C(F)F)c1nc2ccccc2[nH]1. The van der Waals surface area contributed by atoms with E-state index in [4.69, 9.17) is 0 Å².